The average molecular weight is 377 g/mol. The van der Waals surface area contributed by atoms with Crippen molar-refractivity contribution in [2.75, 3.05) is 25.0 Å². The van der Waals surface area contributed by atoms with Crippen molar-refractivity contribution in [3.05, 3.63) is 53.5 Å². The number of likely N-dealkylation sites (tertiary alicyclic amines) is 1. The molecule has 1 aliphatic rings. The third kappa shape index (κ3) is 5.13. The molecule has 2 aromatic rings. The van der Waals surface area contributed by atoms with Crippen molar-refractivity contribution in [1.82, 2.24) is 10.2 Å². The molecule has 0 bridgehead atoms. The second-order valence-corrected chi connectivity index (χ2v) is 6.66. The maximum absolute atomic E-state index is 13.2. The molecule has 8 heteroatoms. The number of benzene rings is 1. The van der Waals surface area contributed by atoms with Gasteiger partial charge in [0, 0.05) is 36.4 Å². The second kappa shape index (κ2) is 8.30. The number of nitrogens with zero attached hydrogens (tertiary/aromatic N) is 1. The molecule has 0 radical (unpaired) electrons. The van der Waals surface area contributed by atoms with Crippen molar-refractivity contribution >= 4 is 17.5 Å². The van der Waals surface area contributed by atoms with Gasteiger partial charge in [-0.3, -0.25) is 14.5 Å². The molecule has 0 aliphatic carbocycles. The summed E-state index contributed by atoms with van der Waals surface area (Å²) in [5.41, 5.74) is 0.879. The topological polar surface area (TPSA) is 74.6 Å². The highest BCUT2D eigenvalue weighted by Crippen LogP contribution is 2.15. The maximum atomic E-state index is 13.2. The monoisotopic (exact) mass is 377 g/mol. The molecule has 0 saturated carbocycles. The summed E-state index contributed by atoms with van der Waals surface area (Å²) in [6, 6.07) is 4.64. The molecule has 0 spiro atoms. The van der Waals surface area contributed by atoms with E-state index in [1.54, 1.807) is 6.07 Å². The number of hydrogen-bond acceptors (Lipinski definition) is 4. The molecule has 1 saturated heterocycles. The highest BCUT2D eigenvalue weighted by Gasteiger charge is 2.24. The smallest absolute Gasteiger partial charge is 0.287 e. The number of rotatable bonds is 5. The predicted octanol–water partition coefficient (Wildman–Crippen LogP) is 2.70. The van der Waals surface area contributed by atoms with Crippen LogP contribution >= 0.6 is 0 Å². The Morgan fingerprint density at radius 1 is 1.19 bits per heavy atom. The first kappa shape index (κ1) is 19.0. The molecule has 1 fully saturated rings. The highest BCUT2D eigenvalue weighted by atomic mass is 19.1. The van der Waals surface area contributed by atoms with E-state index in [-0.39, 0.29) is 30.1 Å². The minimum absolute atomic E-state index is 0.0126. The van der Waals surface area contributed by atoms with Crippen molar-refractivity contribution in [3.8, 4) is 0 Å². The van der Waals surface area contributed by atoms with Gasteiger partial charge in [0.1, 0.15) is 11.6 Å². The molecular weight excluding hydrogens is 356 g/mol. The lowest BCUT2D eigenvalue weighted by Crippen LogP contribution is -2.46. The molecule has 2 heterocycles. The van der Waals surface area contributed by atoms with Crippen LogP contribution in [-0.2, 0) is 4.79 Å². The summed E-state index contributed by atoms with van der Waals surface area (Å²) < 4.78 is 31.5. The van der Waals surface area contributed by atoms with Crippen molar-refractivity contribution in [2.45, 2.75) is 25.8 Å². The number of piperidine rings is 1. The van der Waals surface area contributed by atoms with Gasteiger partial charge in [0.25, 0.3) is 5.91 Å². The zero-order valence-corrected chi connectivity index (χ0v) is 14.9. The van der Waals surface area contributed by atoms with Crippen LogP contribution in [0, 0.1) is 18.6 Å². The first-order valence-electron chi connectivity index (χ1n) is 8.74. The van der Waals surface area contributed by atoms with E-state index in [0.29, 0.717) is 31.7 Å². The molecule has 1 aromatic heterocycles. The van der Waals surface area contributed by atoms with Crippen LogP contribution in [0.5, 0.6) is 0 Å². The van der Waals surface area contributed by atoms with Crippen LogP contribution in [-0.4, -0.2) is 42.4 Å². The van der Waals surface area contributed by atoms with Gasteiger partial charge < -0.3 is 15.1 Å². The Morgan fingerprint density at radius 3 is 2.44 bits per heavy atom. The molecule has 0 unspecified atom stereocenters. The number of furan rings is 1. The fourth-order valence-corrected chi connectivity index (χ4v) is 3.12. The van der Waals surface area contributed by atoms with Crippen LogP contribution in [0.3, 0.4) is 0 Å². The molecule has 3 rings (SSSR count). The Morgan fingerprint density at radius 2 is 1.85 bits per heavy atom. The van der Waals surface area contributed by atoms with E-state index in [4.69, 9.17) is 4.42 Å². The number of carbonyl (C=O) groups excluding carboxylic acids is 2. The van der Waals surface area contributed by atoms with Crippen molar-refractivity contribution in [1.29, 1.82) is 0 Å². The number of hydrogen-bond donors (Lipinski definition) is 2. The Hall–Kier alpha value is -2.74. The van der Waals surface area contributed by atoms with Crippen LogP contribution in [0.2, 0.25) is 0 Å². The number of nitrogens with one attached hydrogen (secondary N) is 2. The van der Waals surface area contributed by atoms with E-state index in [9.17, 15) is 18.4 Å². The Bertz CT molecular complexity index is 809. The average Bonchev–Trinajstić information content (AvgIpc) is 3.01. The predicted molar refractivity (Wildman–Crippen MR) is 95.4 cm³/mol. The van der Waals surface area contributed by atoms with Gasteiger partial charge in [0.15, 0.2) is 5.76 Å². The third-order valence-electron chi connectivity index (χ3n) is 4.50. The summed E-state index contributed by atoms with van der Waals surface area (Å²) in [7, 11) is 0. The molecule has 2 N–H and O–H groups in total. The molecule has 6 nitrogen and oxygen atoms in total. The van der Waals surface area contributed by atoms with E-state index in [0.717, 1.165) is 23.8 Å². The first-order chi connectivity index (χ1) is 12.9. The van der Waals surface area contributed by atoms with Crippen molar-refractivity contribution in [2.24, 2.45) is 0 Å². The van der Waals surface area contributed by atoms with Gasteiger partial charge in [-0.2, -0.15) is 0 Å². The first-order valence-corrected chi connectivity index (χ1v) is 8.74. The zero-order chi connectivity index (χ0) is 19.4. The highest BCUT2D eigenvalue weighted by molar-refractivity contribution is 5.93. The summed E-state index contributed by atoms with van der Waals surface area (Å²) in [5.74, 6) is -1.74. The summed E-state index contributed by atoms with van der Waals surface area (Å²) in [4.78, 5) is 26.2. The van der Waals surface area contributed by atoms with Gasteiger partial charge in [-0.15, -0.1) is 0 Å². The van der Waals surface area contributed by atoms with Gasteiger partial charge in [0.2, 0.25) is 5.91 Å². The molecule has 0 atom stereocenters. The van der Waals surface area contributed by atoms with Gasteiger partial charge in [-0.25, -0.2) is 8.78 Å². The Balaban J connectivity index is 1.44. The number of carbonyl (C=O) groups is 2. The van der Waals surface area contributed by atoms with Crippen molar-refractivity contribution in [3.63, 3.8) is 0 Å². The van der Waals surface area contributed by atoms with E-state index in [1.807, 2.05) is 11.8 Å². The van der Waals surface area contributed by atoms with Gasteiger partial charge in [-0.05, 0) is 38.0 Å². The molecule has 144 valence electrons. The molecule has 2 amide bonds. The van der Waals surface area contributed by atoms with E-state index in [2.05, 4.69) is 10.6 Å². The molecule has 1 aromatic carbocycles. The number of amides is 2. The summed E-state index contributed by atoms with van der Waals surface area (Å²) in [6.07, 6.45) is 2.89. The Labute approximate surface area is 155 Å². The van der Waals surface area contributed by atoms with Crippen LogP contribution in [0.4, 0.5) is 14.5 Å². The van der Waals surface area contributed by atoms with E-state index >= 15 is 0 Å². The molecule has 27 heavy (non-hydrogen) atoms. The van der Waals surface area contributed by atoms with Crippen LogP contribution in [0.25, 0.3) is 0 Å². The van der Waals surface area contributed by atoms with E-state index in [1.165, 1.54) is 6.26 Å². The molecular formula is C19H21F2N3O3. The lowest BCUT2D eigenvalue weighted by Gasteiger charge is -2.31. The lowest BCUT2D eigenvalue weighted by molar-refractivity contribution is -0.117. The number of aryl methyl sites for hydroxylation is 1. The largest absolute Gasteiger partial charge is 0.459 e. The zero-order valence-electron chi connectivity index (χ0n) is 14.9. The maximum Gasteiger partial charge on any atom is 0.287 e. The molecule has 1 aliphatic heterocycles. The van der Waals surface area contributed by atoms with Crippen molar-refractivity contribution < 1.29 is 22.8 Å². The lowest BCUT2D eigenvalue weighted by atomic mass is 10.0. The SMILES string of the molecule is Cc1ccoc1C(=O)NC1CCN(CC(=O)Nc2cc(F)cc(F)c2)CC1. The minimum Gasteiger partial charge on any atom is -0.459 e. The minimum atomic E-state index is -0.742. The van der Waals surface area contributed by atoms with E-state index < -0.39 is 11.6 Å². The normalized spacial score (nSPS) is 15.5. The standard InChI is InChI=1S/C19H21F2N3O3/c1-12-4-7-27-18(12)19(26)23-15-2-5-24(6-3-15)11-17(25)22-16-9-13(20)8-14(21)10-16/h4,7-10,15H,2-3,5-6,11H2,1H3,(H,22,25)(H,23,26). The van der Waals surface area contributed by atoms with Gasteiger partial charge in [0.05, 0.1) is 12.8 Å². The second-order valence-electron chi connectivity index (χ2n) is 6.66. The fraction of sp³-hybridized carbons (Fsp3) is 0.368. The fourth-order valence-electron chi connectivity index (χ4n) is 3.12. The van der Waals surface area contributed by atoms with Crippen LogP contribution in [0.1, 0.15) is 29.0 Å². The van der Waals surface area contributed by atoms with Crippen LogP contribution < -0.4 is 10.6 Å². The summed E-state index contributed by atoms with van der Waals surface area (Å²) >= 11 is 0. The quantitative estimate of drug-likeness (QED) is 0.840. The number of anilines is 1. The Kier molecular flexibility index (Phi) is 5.85. The van der Waals surface area contributed by atoms with Crippen LogP contribution in [0.15, 0.2) is 34.9 Å². The van der Waals surface area contributed by atoms with Gasteiger partial charge in [-0.1, -0.05) is 0 Å². The summed E-state index contributed by atoms with van der Waals surface area (Å²) in [5, 5.41) is 5.44. The third-order valence-corrected chi connectivity index (χ3v) is 4.50. The summed E-state index contributed by atoms with van der Waals surface area (Å²) in [6.45, 7) is 3.19. The van der Waals surface area contributed by atoms with Gasteiger partial charge >= 0.3 is 0 Å². The number of halogens is 2.